The van der Waals surface area contributed by atoms with Gasteiger partial charge >= 0.3 is 6.09 Å². The highest BCUT2D eigenvalue weighted by molar-refractivity contribution is 7.99. The third kappa shape index (κ3) is 3.17. The number of nitrogens with zero attached hydrogens (tertiary/aromatic N) is 1. The van der Waals surface area contributed by atoms with Gasteiger partial charge in [0, 0.05) is 34.5 Å². The molecule has 1 amide bonds. The van der Waals surface area contributed by atoms with Gasteiger partial charge in [-0.25, -0.2) is 4.79 Å². The van der Waals surface area contributed by atoms with Crippen molar-refractivity contribution in [3.05, 3.63) is 28.4 Å². The largest absolute Gasteiger partial charge is 0.444 e. The zero-order chi connectivity index (χ0) is 16.8. The van der Waals surface area contributed by atoms with E-state index in [0.29, 0.717) is 13.1 Å². The third-order valence-corrected chi connectivity index (χ3v) is 5.17. The van der Waals surface area contributed by atoms with Crippen LogP contribution in [0, 0.1) is 0 Å². The molecule has 0 spiro atoms. The Morgan fingerprint density at radius 3 is 2.78 bits per heavy atom. The lowest BCUT2D eigenvalue weighted by Gasteiger charge is -2.30. The van der Waals surface area contributed by atoms with Gasteiger partial charge in [0.15, 0.2) is 0 Å². The van der Waals surface area contributed by atoms with E-state index in [1.165, 1.54) is 11.3 Å². The number of hydrogen-bond acceptors (Lipinski definition) is 3. The number of aromatic nitrogens is 1. The molecule has 0 fully saturated rings. The fourth-order valence-electron chi connectivity index (χ4n) is 2.91. The van der Waals surface area contributed by atoms with E-state index in [2.05, 4.69) is 4.98 Å². The molecule has 0 bridgehead atoms. The number of thioether (sulfide) groups is 1. The summed E-state index contributed by atoms with van der Waals surface area (Å²) in [6, 6.07) is 3.96. The number of hydrogen-bond donors (Lipinski definition) is 1. The van der Waals surface area contributed by atoms with E-state index < -0.39 is 5.60 Å². The van der Waals surface area contributed by atoms with Crippen molar-refractivity contribution in [3.8, 4) is 0 Å². The van der Waals surface area contributed by atoms with E-state index in [1.54, 1.807) is 16.7 Å². The molecule has 124 valence electrons. The number of carbonyl (C=O) groups is 1. The summed E-state index contributed by atoms with van der Waals surface area (Å²) in [4.78, 5) is 18.7. The first-order chi connectivity index (χ1) is 10.8. The Morgan fingerprint density at radius 1 is 1.39 bits per heavy atom. The maximum Gasteiger partial charge on any atom is 0.410 e. The van der Waals surface area contributed by atoms with Crippen molar-refractivity contribution < 1.29 is 9.53 Å². The minimum atomic E-state index is -0.475. The highest BCUT2D eigenvalue weighted by Gasteiger charge is 2.28. The van der Waals surface area contributed by atoms with Crippen LogP contribution in [-0.4, -0.2) is 34.4 Å². The maximum absolute atomic E-state index is 12.3. The molecule has 1 aliphatic rings. The summed E-state index contributed by atoms with van der Waals surface area (Å²) in [6.07, 6.45) is 2.57. The highest BCUT2D eigenvalue weighted by atomic mass is 35.5. The molecule has 0 radical (unpaired) electrons. The van der Waals surface area contributed by atoms with Gasteiger partial charge in [-0.2, -0.15) is 0 Å². The third-order valence-electron chi connectivity index (χ3n) is 3.91. The Morgan fingerprint density at radius 2 is 2.13 bits per heavy atom. The van der Waals surface area contributed by atoms with E-state index in [-0.39, 0.29) is 6.09 Å². The van der Waals surface area contributed by atoms with Crippen LogP contribution >= 0.6 is 23.4 Å². The first-order valence-electron chi connectivity index (χ1n) is 7.64. The zero-order valence-corrected chi connectivity index (χ0v) is 15.4. The van der Waals surface area contributed by atoms with Gasteiger partial charge in [0.1, 0.15) is 5.60 Å². The molecule has 0 saturated heterocycles. The first kappa shape index (κ1) is 16.5. The summed E-state index contributed by atoms with van der Waals surface area (Å²) in [7, 11) is 0. The van der Waals surface area contributed by atoms with E-state index in [1.807, 2.05) is 39.2 Å². The SMILES string of the molecule is CSc1c(Cl)ccc2c3c([nH]c12)CCN(C(=O)OC(C)(C)C)C3. The quantitative estimate of drug-likeness (QED) is 0.747. The average Bonchev–Trinajstić information content (AvgIpc) is 2.82. The Kier molecular flexibility index (Phi) is 4.27. The lowest BCUT2D eigenvalue weighted by molar-refractivity contribution is 0.0224. The molecular formula is C17H21ClN2O2S. The van der Waals surface area contributed by atoms with Crippen molar-refractivity contribution in [2.24, 2.45) is 0 Å². The molecule has 1 aliphatic heterocycles. The van der Waals surface area contributed by atoms with E-state index in [9.17, 15) is 4.79 Å². The number of ether oxygens (including phenoxy) is 1. The van der Waals surface area contributed by atoms with E-state index >= 15 is 0 Å². The fraction of sp³-hybridized carbons (Fsp3) is 0.471. The van der Waals surface area contributed by atoms with Crippen LogP contribution in [0.25, 0.3) is 10.9 Å². The zero-order valence-electron chi connectivity index (χ0n) is 13.8. The monoisotopic (exact) mass is 352 g/mol. The van der Waals surface area contributed by atoms with Crippen LogP contribution in [0.2, 0.25) is 5.02 Å². The van der Waals surface area contributed by atoms with Gasteiger partial charge in [-0.1, -0.05) is 17.7 Å². The number of fused-ring (bicyclic) bond motifs is 3. The Hall–Kier alpha value is -1.33. The van der Waals surface area contributed by atoms with Crippen molar-refractivity contribution in [2.75, 3.05) is 12.8 Å². The van der Waals surface area contributed by atoms with Crippen LogP contribution in [0.4, 0.5) is 4.79 Å². The van der Waals surface area contributed by atoms with Crippen molar-refractivity contribution in [2.45, 2.75) is 44.2 Å². The first-order valence-corrected chi connectivity index (χ1v) is 9.24. The number of aromatic amines is 1. The topological polar surface area (TPSA) is 45.3 Å². The highest BCUT2D eigenvalue weighted by Crippen LogP contribution is 2.37. The van der Waals surface area contributed by atoms with Crippen LogP contribution < -0.4 is 0 Å². The van der Waals surface area contributed by atoms with Crippen LogP contribution in [0.15, 0.2) is 17.0 Å². The lowest BCUT2D eigenvalue weighted by atomic mass is 10.0. The molecule has 2 heterocycles. The molecule has 0 unspecified atom stereocenters. The normalized spacial score (nSPS) is 14.9. The average molecular weight is 353 g/mol. The van der Waals surface area contributed by atoms with Gasteiger partial charge in [0.2, 0.25) is 0 Å². The Bertz CT molecular complexity index is 764. The van der Waals surface area contributed by atoms with Gasteiger partial charge in [0.05, 0.1) is 17.1 Å². The molecule has 1 aromatic heterocycles. The summed E-state index contributed by atoms with van der Waals surface area (Å²) < 4.78 is 5.50. The van der Waals surface area contributed by atoms with Crippen LogP contribution in [0.5, 0.6) is 0 Å². The van der Waals surface area contributed by atoms with Crippen molar-refractivity contribution in [1.82, 2.24) is 9.88 Å². The predicted molar refractivity (Wildman–Crippen MR) is 95.4 cm³/mol. The predicted octanol–water partition coefficient (Wildman–Crippen LogP) is 4.84. The Balaban J connectivity index is 1.95. The molecule has 3 rings (SSSR count). The van der Waals surface area contributed by atoms with Crippen LogP contribution in [0.3, 0.4) is 0 Å². The van der Waals surface area contributed by atoms with Gasteiger partial charge in [-0.15, -0.1) is 11.8 Å². The molecule has 0 saturated carbocycles. The van der Waals surface area contributed by atoms with Crippen molar-refractivity contribution in [3.63, 3.8) is 0 Å². The number of nitrogens with one attached hydrogen (secondary N) is 1. The summed E-state index contributed by atoms with van der Waals surface area (Å²) >= 11 is 7.93. The lowest BCUT2D eigenvalue weighted by Crippen LogP contribution is -2.39. The second-order valence-corrected chi connectivity index (χ2v) is 7.96. The molecule has 0 aliphatic carbocycles. The number of rotatable bonds is 1. The molecule has 6 heteroatoms. The smallest absolute Gasteiger partial charge is 0.410 e. The van der Waals surface area contributed by atoms with E-state index in [0.717, 1.165) is 27.2 Å². The minimum absolute atomic E-state index is 0.253. The van der Waals surface area contributed by atoms with Gasteiger partial charge in [-0.3, -0.25) is 0 Å². The summed E-state index contributed by atoms with van der Waals surface area (Å²) in [6.45, 7) is 6.90. The Labute approximate surface area is 145 Å². The van der Waals surface area contributed by atoms with Crippen LogP contribution in [0.1, 0.15) is 32.0 Å². The second kappa shape index (κ2) is 5.95. The fourth-order valence-corrected chi connectivity index (χ4v) is 3.93. The minimum Gasteiger partial charge on any atom is -0.444 e. The maximum atomic E-state index is 12.3. The molecule has 0 atom stereocenters. The molecule has 1 aromatic carbocycles. The molecule has 23 heavy (non-hydrogen) atoms. The summed E-state index contributed by atoms with van der Waals surface area (Å²) in [5, 5.41) is 1.90. The summed E-state index contributed by atoms with van der Waals surface area (Å²) in [5.41, 5.74) is 2.96. The number of carbonyl (C=O) groups excluding carboxylic acids is 1. The second-order valence-electron chi connectivity index (χ2n) is 6.74. The van der Waals surface area contributed by atoms with Gasteiger partial charge < -0.3 is 14.6 Å². The summed E-state index contributed by atoms with van der Waals surface area (Å²) in [5.74, 6) is 0. The van der Waals surface area contributed by atoms with E-state index in [4.69, 9.17) is 16.3 Å². The van der Waals surface area contributed by atoms with Crippen LogP contribution in [-0.2, 0) is 17.7 Å². The number of halogens is 1. The van der Waals surface area contributed by atoms with Gasteiger partial charge in [0.25, 0.3) is 0 Å². The number of amides is 1. The molecule has 2 aromatic rings. The standard InChI is InChI=1S/C17H21ClN2O2S/c1-17(2,3)22-16(21)20-8-7-13-11(9-20)10-5-6-12(18)15(23-4)14(10)19-13/h5-6,19H,7-9H2,1-4H3. The molecule has 1 N–H and O–H groups in total. The van der Waals surface area contributed by atoms with Crippen molar-refractivity contribution in [1.29, 1.82) is 0 Å². The van der Waals surface area contributed by atoms with Gasteiger partial charge in [-0.05, 0) is 33.1 Å². The number of benzene rings is 1. The number of H-pyrrole nitrogens is 1. The molecular weight excluding hydrogens is 332 g/mol. The molecule has 4 nitrogen and oxygen atoms in total. The van der Waals surface area contributed by atoms with Crippen molar-refractivity contribution >= 4 is 40.4 Å².